The van der Waals surface area contributed by atoms with Crippen LogP contribution in [0.1, 0.15) is 5.56 Å². The highest BCUT2D eigenvalue weighted by Crippen LogP contribution is 2.14. The number of thiocarbonyl (C=S) groups is 1. The molecule has 0 amide bonds. The molecule has 2 aromatic rings. The Hall–Kier alpha value is -1.48. The molecule has 1 heterocycles. The second kappa shape index (κ2) is 3.72. The van der Waals surface area contributed by atoms with Crippen LogP contribution in [-0.2, 0) is 6.42 Å². The molecular formula is C11H10N2S. The smallest absolute Gasteiger partial charge is 0.0771 e. The van der Waals surface area contributed by atoms with E-state index in [0.29, 0.717) is 11.4 Å². The fraction of sp³-hybridized carbons (Fsp3) is 0.0909. The maximum atomic E-state index is 5.49. The summed E-state index contributed by atoms with van der Waals surface area (Å²) in [5.41, 5.74) is 6.64. The molecule has 0 saturated heterocycles. The molecule has 0 unspecified atom stereocenters. The lowest BCUT2D eigenvalue weighted by Crippen LogP contribution is -2.10. The summed E-state index contributed by atoms with van der Waals surface area (Å²) in [6.07, 6.45) is 4.29. The van der Waals surface area contributed by atoms with E-state index in [1.54, 1.807) is 6.20 Å². The highest BCUT2D eigenvalue weighted by atomic mass is 32.1. The molecule has 2 rings (SSSR count). The van der Waals surface area contributed by atoms with Crippen molar-refractivity contribution < 1.29 is 0 Å². The monoisotopic (exact) mass is 202 g/mol. The number of fused-ring (bicyclic) bond motifs is 1. The molecule has 2 N–H and O–H groups in total. The Morgan fingerprint density at radius 1 is 1.29 bits per heavy atom. The first-order chi connectivity index (χ1) is 6.75. The van der Waals surface area contributed by atoms with Crippen molar-refractivity contribution in [2.24, 2.45) is 5.73 Å². The van der Waals surface area contributed by atoms with Gasteiger partial charge in [-0.2, -0.15) is 0 Å². The number of hydrogen-bond donors (Lipinski definition) is 1. The first kappa shape index (κ1) is 9.09. The number of rotatable bonds is 2. The van der Waals surface area contributed by atoms with Crippen LogP contribution in [0.2, 0.25) is 0 Å². The normalized spacial score (nSPS) is 10.3. The SMILES string of the molecule is NC(=S)Cc1ccc2cnccc2c1. The Bertz CT molecular complexity index is 479. The Morgan fingerprint density at radius 2 is 2.14 bits per heavy atom. The van der Waals surface area contributed by atoms with E-state index in [1.807, 2.05) is 24.4 Å². The number of nitrogens with zero attached hydrogens (tertiary/aromatic N) is 1. The Kier molecular flexibility index (Phi) is 2.41. The zero-order chi connectivity index (χ0) is 9.97. The minimum absolute atomic E-state index is 0.526. The van der Waals surface area contributed by atoms with E-state index >= 15 is 0 Å². The van der Waals surface area contributed by atoms with Gasteiger partial charge >= 0.3 is 0 Å². The zero-order valence-electron chi connectivity index (χ0n) is 7.60. The average molecular weight is 202 g/mol. The number of aromatic nitrogens is 1. The van der Waals surface area contributed by atoms with Gasteiger partial charge in [-0.25, -0.2) is 0 Å². The molecule has 0 radical (unpaired) electrons. The number of pyridine rings is 1. The van der Waals surface area contributed by atoms with Crippen LogP contribution in [0.25, 0.3) is 10.8 Å². The fourth-order valence-electron chi connectivity index (χ4n) is 1.44. The van der Waals surface area contributed by atoms with Gasteiger partial charge in [-0.1, -0.05) is 30.4 Å². The van der Waals surface area contributed by atoms with Gasteiger partial charge in [0.15, 0.2) is 0 Å². The van der Waals surface area contributed by atoms with E-state index in [4.69, 9.17) is 18.0 Å². The second-order valence-corrected chi connectivity index (χ2v) is 3.72. The van der Waals surface area contributed by atoms with Crippen molar-refractivity contribution in [2.45, 2.75) is 6.42 Å². The lowest BCUT2D eigenvalue weighted by molar-refractivity contribution is 1.33. The number of hydrogen-bond acceptors (Lipinski definition) is 2. The van der Waals surface area contributed by atoms with Gasteiger partial charge in [-0.15, -0.1) is 0 Å². The predicted octanol–water partition coefficient (Wildman–Crippen LogP) is 2.06. The molecule has 0 aliphatic heterocycles. The Balaban J connectivity index is 2.46. The van der Waals surface area contributed by atoms with E-state index in [0.717, 1.165) is 10.9 Å². The fourth-order valence-corrected chi connectivity index (χ4v) is 1.61. The third kappa shape index (κ3) is 1.88. The quantitative estimate of drug-likeness (QED) is 0.758. The van der Waals surface area contributed by atoms with Gasteiger partial charge in [0.25, 0.3) is 0 Å². The minimum atomic E-state index is 0.526. The van der Waals surface area contributed by atoms with Gasteiger partial charge in [-0.3, -0.25) is 4.98 Å². The molecule has 1 aromatic heterocycles. The van der Waals surface area contributed by atoms with Gasteiger partial charge < -0.3 is 5.73 Å². The molecule has 0 aliphatic carbocycles. The van der Waals surface area contributed by atoms with Crippen LogP contribution in [0.3, 0.4) is 0 Å². The van der Waals surface area contributed by atoms with Gasteiger partial charge in [0.05, 0.1) is 4.99 Å². The van der Waals surface area contributed by atoms with Crippen LogP contribution < -0.4 is 5.73 Å². The third-order valence-electron chi connectivity index (χ3n) is 2.08. The standard InChI is InChI=1S/C11H10N2S/c12-11(14)6-8-1-2-10-7-13-4-3-9(10)5-8/h1-5,7H,6H2,(H2,12,14). The predicted molar refractivity (Wildman–Crippen MR) is 62.2 cm³/mol. The lowest BCUT2D eigenvalue weighted by atomic mass is 10.1. The van der Waals surface area contributed by atoms with E-state index < -0.39 is 0 Å². The van der Waals surface area contributed by atoms with Crippen molar-refractivity contribution in [1.29, 1.82) is 0 Å². The van der Waals surface area contributed by atoms with Crippen molar-refractivity contribution >= 4 is 28.0 Å². The number of benzene rings is 1. The minimum Gasteiger partial charge on any atom is -0.393 e. The van der Waals surface area contributed by atoms with Crippen LogP contribution in [0.15, 0.2) is 36.7 Å². The Morgan fingerprint density at radius 3 is 2.93 bits per heavy atom. The van der Waals surface area contributed by atoms with Crippen LogP contribution in [0.4, 0.5) is 0 Å². The van der Waals surface area contributed by atoms with Crippen LogP contribution in [0, 0.1) is 0 Å². The number of nitrogens with two attached hydrogens (primary N) is 1. The molecular weight excluding hydrogens is 192 g/mol. The van der Waals surface area contributed by atoms with Gasteiger partial charge in [0.1, 0.15) is 0 Å². The van der Waals surface area contributed by atoms with Gasteiger partial charge in [-0.05, 0) is 17.0 Å². The third-order valence-corrected chi connectivity index (χ3v) is 2.23. The summed E-state index contributed by atoms with van der Waals surface area (Å²) in [7, 11) is 0. The largest absolute Gasteiger partial charge is 0.393 e. The first-order valence-electron chi connectivity index (χ1n) is 4.37. The second-order valence-electron chi connectivity index (χ2n) is 3.20. The zero-order valence-corrected chi connectivity index (χ0v) is 8.42. The van der Waals surface area contributed by atoms with Crippen molar-refractivity contribution in [1.82, 2.24) is 4.98 Å². The summed E-state index contributed by atoms with van der Waals surface area (Å²) in [5, 5.41) is 2.31. The molecule has 0 bridgehead atoms. The van der Waals surface area contributed by atoms with Gasteiger partial charge in [0.2, 0.25) is 0 Å². The first-order valence-corrected chi connectivity index (χ1v) is 4.77. The van der Waals surface area contributed by atoms with Crippen LogP contribution in [-0.4, -0.2) is 9.97 Å². The maximum absolute atomic E-state index is 5.49. The summed E-state index contributed by atoms with van der Waals surface area (Å²) in [5.74, 6) is 0. The molecule has 0 fully saturated rings. The van der Waals surface area contributed by atoms with E-state index in [-0.39, 0.29) is 0 Å². The van der Waals surface area contributed by atoms with Crippen molar-refractivity contribution in [3.05, 3.63) is 42.2 Å². The van der Waals surface area contributed by atoms with E-state index in [1.165, 1.54) is 5.39 Å². The summed E-state index contributed by atoms with van der Waals surface area (Å²) in [4.78, 5) is 4.58. The molecule has 0 aliphatic rings. The molecule has 3 heteroatoms. The van der Waals surface area contributed by atoms with E-state index in [2.05, 4.69) is 11.1 Å². The Labute approximate surface area is 87.8 Å². The van der Waals surface area contributed by atoms with Crippen LogP contribution >= 0.6 is 12.2 Å². The summed E-state index contributed by atoms with van der Waals surface area (Å²) < 4.78 is 0. The molecule has 14 heavy (non-hydrogen) atoms. The lowest BCUT2D eigenvalue weighted by Gasteiger charge is -2.01. The molecule has 1 aromatic carbocycles. The topological polar surface area (TPSA) is 38.9 Å². The van der Waals surface area contributed by atoms with E-state index in [9.17, 15) is 0 Å². The highest BCUT2D eigenvalue weighted by Gasteiger charge is 1.97. The molecule has 0 spiro atoms. The average Bonchev–Trinajstić information content (AvgIpc) is 2.17. The highest BCUT2D eigenvalue weighted by molar-refractivity contribution is 7.80. The molecule has 2 nitrogen and oxygen atoms in total. The summed E-state index contributed by atoms with van der Waals surface area (Å²) in [6.45, 7) is 0. The molecule has 0 atom stereocenters. The summed E-state index contributed by atoms with van der Waals surface area (Å²) in [6, 6.07) is 8.15. The van der Waals surface area contributed by atoms with Crippen molar-refractivity contribution in [3.63, 3.8) is 0 Å². The van der Waals surface area contributed by atoms with Crippen LogP contribution in [0.5, 0.6) is 0 Å². The van der Waals surface area contributed by atoms with Crippen molar-refractivity contribution in [2.75, 3.05) is 0 Å². The maximum Gasteiger partial charge on any atom is 0.0771 e. The van der Waals surface area contributed by atoms with Gasteiger partial charge in [0, 0.05) is 24.2 Å². The molecule has 70 valence electrons. The summed E-state index contributed by atoms with van der Waals surface area (Å²) >= 11 is 4.87. The molecule has 0 saturated carbocycles. The van der Waals surface area contributed by atoms with Crippen molar-refractivity contribution in [3.8, 4) is 0 Å².